The molecule has 0 atom stereocenters. The second-order valence-corrected chi connectivity index (χ2v) is 7.97. The Morgan fingerprint density at radius 2 is 1.65 bits per heavy atom. The number of hydrogen-bond acceptors (Lipinski definition) is 5. The van der Waals surface area contributed by atoms with Gasteiger partial charge >= 0.3 is 0 Å². The number of nitrogens with one attached hydrogen (secondary N) is 3. The Balaban J connectivity index is 1.51. The molecule has 0 unspecified atom stereocenters. The zero-order valence-corrected chi connectivity index (χ0v) is 16.7. The van der Waals surface area contributed by atoms with Crippen LogP contribution in [0.25, 0.3) is 0 Å². The fourth-order valence-corrected chi connectivity index (χ4v) is 3.56. The van der Waals surface area contributed by atoms with Gasteiger partial charge in [0, 0.05) is 24.3 Å². The lowest BCUT2D eigenvalue weighted by Crippen LogP contribution is -2.27. The predicted octanol–water partition coefficient (Wildman–Crippen LogP) is 3.12. The summed E-state index contributed by atoms with van der Waals surface area (Å²) >= 11 is 0. The van der Waals surface area contributed by atoms with Crippen LogP contribution in [0.3, 0.4) is 0 Å². The molecule has 3 rings (SSSR count). The van der Waals surface area contributed by atoms with Crippen molar-refractivity contribution in [3.05, 3.63) is 78.3 Å². The monoisotopic (exact) mass is 449 g/mol. The third-order valence-electron chi connectivity index (χ3n) is 4.00. The summed E-state index contributed by atoms with van der Waals surface area (Å²) in [5, 5.41) is 5.14. The average Bonchev–Trinajstić information content (AvgIpc) is 3.26. The molecule has 3 N–H and O–H groups in total. The highest BCUT2D eigenvalue weighted by Crippen LogP contribution is 2.20. The normalized spacial score (nSPS) is 11.0. The number of benzene rings is 2. The predicted molar refractivity (Wildman–Crippen MR) is 108 cm³/mol. The van der Waals surface area contributed by atoms with Gasteiger partial charge in [-0.1, -0.05) is 0 Å². The van der Waals surface area contributed by atoms with Crippen LogP contribution < -0.4 is 15.4 Å². The third kappa shape index (κ3) is 5.89. The van der Waals surface area contributed by atoms with Gasteiger partial charge in [0.15, 0.2) is 17.4 Å². The van der Waals surface area contributed by atoms with Crippen LogP contribution in [0.5, 0.6) is 0 Å². The van der Waals surface area contributed by atoms with Gasteiger partial charge in [0.25, 0.3) is 15.9 Å². The summed E-state index contributed by atoms with van der Waals surface area (Å²) in [7, 11) is -4.12. The van der Waals surface area contributed by atoms with Gasteiger partial charge in [-0.3, -0.25) is 14.3 Å². The van der Waals surface area contributed by atoms with Crippen molar-refractivity contribution >= 4 is 33.2 Å². The molecule has 2 amide bonds. The number of anilines is 2. The van der Waals surface area contributed by atoms with Gasteiger partial charge < -0.3 is 15.1 Å². The summed E-state index contributed by atoms with van der Waals surface area (Å²) < 4.78 is 58.0. The van der Waals surface area contributed by atoms with Crippen LogP contribution >= 0.6 is 0 Å². The van der Waals surface area contributed by atoms with E-state index in [1.165, 1.54) is 36.6 Å². The Morgan fingerprint density at radius 1 is 0.935 bits per heavy atom. The van der Waals surface area contributed by atoms with E-state index in [1.807, 2.05) is 0 Å². The van der Waals surface area contributed by atoms with E-state index in [1.54, 1.807) is 6.07 Å². The van der Waals surface area contributed by atoms with Crippen molar-refractivity contribution in [2.45, 2.75) is 11.3 Å². The molecule has 0 radical (unpaired) electrons. The van der Waals surface area contributed by atoms with E-state index in [4.69, 9.17) is 4.42 Å². The van der Waals surface area contributed by atoms with Crippen molar-refractivity contribution in [1.29, 1.82) is 0 Å². The van der Waals surface area contributed by atoms with E-state index >= 15 is 0 Å². The van der Waals surface area contributed by atoms with Crippen LogP contribution in [0.15, 0.2) is 70.2 Å². The first-order valence-corrected chi connectivity index (χ1v) is 10.4. The lowest BCUT2D eigenvalue weighted by Gasteiger charge is -2.10. The molecule has 31 heavy (non-hydrogen) atoms. The van der Waals surface area contributed by atoms with Gasteiger partial charge in [-0.05, 0) is 54.6 Å². The fourth-order valence-electron chi connectivity index (χ4n) is 2.49. The van der Waals surface area contributed by atoms with E-state index in [2.05, 4.69) is 15.4 Å². The van der Waals surface area contributed by atoms with Gasteiger partial charge in [-0.25, -0.2) is 17.2 Å². The molecule has 0 saturated heterocycles. The molecule has 8 nitrogen and oxygen atoms in total. The fraction of sp³-hybridized carbons (Fsp3) is 0.100. The van der Waals surface area contributed by atoms with Gasteiger partial charge in [0.05, 0.1) is 11.2 Å². The van der Waals surface area contributed by atoms with Crippen LogP contribution in [0.4, 0.5) is 20.2 Å². The van der Waals surface area contributed by atoms with Crippen molar-refractivity contribution in [3.8, 4) is 0 Å². The lowest BCUT2D eigenvalue weighted by molar-refractivity contribution is -0.116. The molecule has 0 aliphatic carbocycles. The quantitative estimate of drug-likeness (QED) is 0.489. The zero-order chi connectivity index (χ0) is 22.4. The van der Waals surface area contributed by atoms with Crippen LogP contribution in [0.2, 0.25) is 0 Å². The second kappa shape index (κ2) is 9.39. The minimum absolute atomic E-state index is 0.0109. The molecule has 1 aromatic heterocycles. The molecule has 2 aromatic carbocycles. The molecule has 0 bridgehead atoms. The number of sulfonamides is 1. The number of hydrogen-bond donors (Lipinski definition) is 3. The van der Waals surface area contributed by atoms with Crippen LogP contribution in [-0.4, -0.2) is 26.8 Å². The van der Waals surface area contributed by atoms with Gasteiger partial charge in [0.2, 0.25) is 5.91 Å². The molecule has 0 aliphatic rings. The lowest BCUT2D eigenvalue weighted by atomic mass is 10.2. The van der Waals surface area contributed by atoms with Crippen molar-refractivity contribution in [2.75, 3.05) is 16.6 Å². The summed E-state index contributed by atoms with van der Waals surface area (Å²) in [5.41, 5.74) is 0.562. The number of furan rings is 1. The molecule has 11 heteroatoms. The maximum atomic E-state index is 13.3. The molecule has 162 valence electrons. The van der Waals surface area contributed by atoms with E-state index in [9.17, 15) is 26.8 Å². The van der Waals surface area contributed by atoms with E-state index in [0.29, 0.717) is 11.8 Å². The summed E-state index contributed by atoms with van der Waals surface area (Å²) in [5.74, 6) is -3.09. The van der Waals surface area contributed by atoms with Crippen molar-refractivity contribution in [1.82, 2.24) is 5.32 Å². The SMILES string of the molecule is O=C(CCNC(=O)c1ccco1)Nc1ccc(NS(=O)(=O)c2ccc(F)c(F)c2)cc1. The number of amides is 2. The zero-order valence-electron chi connectivity index (χ0n) is 15.9. The Hall–Kier alpha value is -3.73. The van der Waals surface area contributed by atoms with E-state index in [-0.39, 0.29) is 30.3 Å². The third-order valence-corrected chi connectivity index (χ3v) is 5.38. The highest BCUT2D eigenvalue weighted by molar-refractivity contribution is 7.92. The number of halogens is 2. The Kier molecular flexibility index (Phi) is 6.65. The molecule has 3 aromatic rings. The minimum atomic E-state index is -4.12. The first-order valence-electron chi connectivity index (χ1n) is 8.94. The molecule has 0 spiro atoms. The largest absolute Gasteiger partial charge is 0.459 e. The molecule has 0 saturated carbocycles. The Labute approximate surface area is 176 Å². The topological polar surface area (TPSA) is 118 Å². The van der Waals surface area contributed by atoms with Crippen molar-refractivity contribution < 1.29 is 31.2 Å². The van der Waals surface area contributed by atoms with Crippen molar-refractivity contribution in [2.24, 2.45) is 0 Å². The molecule has 0 aliphatic heterocycles. The molecular weight excluding hydrogens is 432 g/mol. The number of carbonyl (C=O) groups is 2. The molecule has 0 fully saturated rings. The van der Waals surface area contributed by atoms with E-state index in [0.717, 1.165) is 12.1 Å². The average molecular weight is 449 g/mol. The highest BCUT2D eigenvalue weighted by atomic mass is 32.2. The van der Waals surface area contributed by atoms with Crippen LogP contribution in [-0.2, 0) is 14.8 Å². The number of carbonyl (C=O) groups excluding carboxylic acids is 2. The van der Waals surface area contributed by atoms with Crippen molar-refractivity contribution in [3.63, 3.8) is 0 Å². The Morgan fingerprint density at radius 3 is 2.29 bits per heavy atom. The summed E-state index contributed by atoms with van der Waals surface area (Å²) in [6.07, 6.45) is 1.38. The summed E-state index contributed by atoms with van der Waals surface area (Å²) in [4.78, 5) is 23.2. The van der Waals surface area contributed by atoms with Crippen LogP contribution in [0.1, 0.15) is 17.0 Å². The minimum Gasteiger partial charge on any atom is -0.459 e. The Bertz CT molecular complexity index is 1180. The smallest absolute Gasteiger partial charge is 0.286 e. The van der Waals surface area contributed by atoms with Gasteiger partial charge in [-0.15, -0.1) is 0 Å². The standard InChI is InChI=1S/C20H17F2N3O5S/c21-16-8-7-15(12-17(16)22)31(28,29)25-14-5-3-13(4-6-14)24-19(26)9-10-23-20(27)18-2-1-11-30-18/h1-8,11-12,25H,9-10H2,(H,23,27)(H,24,26). The van der Waals surface area contributed by atoms with Crippen LogP contribution in [0, 0.1) is 11.6 Å². The summed E-state index contributed by atoms with van der Waals surface area (Å²) in [6, 6.07) is 11.0. The first kappa shape index (κ1) is 22.0. The maximum Gasteiger partial charge on any atom is 0.286 e. The van der Waals surface area contributed by atoms with Gasteiger partial charge in [0.1, 0.15) is 0 Å². The van der Waals surface area contributed by atoms with E-state index < -0.39 is 32.5 Å². The summed E-state index contributed by atoms with van der Waals surface area (Å²) in [6.45, 7) is 0.0947. The number of rotatable bonds is 8. The van der Waals surface area contributed by atoms with Gasteiger partial charge in [-0.2, -0.15) is 0 Å². The maximum absolute atomic E-state index is 13.3. The highest BCUT2D eigenvalue weighted by Gasteiger charge is 2.17. The first-order chi connectivity index (χ1) is 14.7. The second-order valence-electron chi connectivity index (χ2n) is 6.29. The molecular formula is C20H17F2N3O5S. The molecule has 1 heterocycles.